The summed E-state index contributed by atoms with van der Waals surface area (Å²) in [6.07, 6.45) is 4.93. The van der Waals surface area contributed by atoms with Crippen molar-refractivity contribution in [3.8, 4) is 0 Å². The molecule has 1 aliphatic carbocycles. The van der Waals surface area contributed by atoms with Crippen molar-refractivity contribution in [2.45, 2.75) is 39.0 Å². The fraction of sp³-hybridized carbons (Fsp3) is 0.259. The average molecular weight is 446 g/mol. The molecule has 164 valence electrons. The van der Waals surface area contributed by atoms with E-state index in [1.165, 1.54) is 16.2 Å². The quantitative estimate of drug-likeness (QED) is 0.266. The minimum atomic E-state index is -0.359. The van der Waals surface area contributed by atoms with Gasteiger partial charge in [-0.1, -0.05) is 67.6 Å². The first-order valence-electron chi connectivity index (χ1n) is 11.0. The lowest BCUT2D eigenvalue weighted by Crippen LogP contribution is -2.17. The highest BCUT2D eigenvalue weighted by Crippen LogP contribution is 2.44. The zero-order valence-corrected chi connectivity index (χ0v) is 19.2. The summed E-state index contributed by atoms with van der Waals surface area (Å²) in [7, 11) is 0. The number of rotatable bonds is 6. The molecule has 0 saturated carbocycles. The van der Waals surface area contributed by atoms with E-state index in [1.807, 2.05) is 66.7 Å². The first-order chi connectivity index (χ1) is 15.6. The predicted molar refractivity (Wildman–Crippen MR) is 131 cm³/mol. The predicted octanol–water partition coefficient (Wildman–Crippen LogP) is 6.54. The second-order valence-electron chi connectivity index (χ2n) is 7.95. The molecule has 32 heavy (non-hydrogen) atoms. The highest BCUT2D eigenvalue weighted by molar-refractivity contribution is 7.17. The van der Waals surface area contributed by atoms with E-state index in [1.54, 1.807) is 6.92 Å². The minimum Gasteiger partial charge on any atom is -0.462 e. The largest absolute Gasteiger partial charge is 0.462 e. The Labute approximate surface area is 192 Å². The van der Waals surface area contributed by atoms with Crippen LogP contribution < -0.4 is 5.32 Å². The van der Waals surface area contributed by atoms with Crippen LogP contribution in [0, 0.1) is 0 Å². The van der Waals surface area contributed by atoms with Gasteiger partial charge in [-0.25, -0.2) is 4.79 Å². The van der Waals surface area contributed by atoms with E-state index in [4.69, 9.17) is 4.74 Å². The Kier molecular flexibility index (Phi) is 6.86. The molecule has 3 aromatic rings. The summed E-state index contributed by atoms with van der Waals surface area (Å²) in [5.74, 6) is -0.326. The molecular weight excluding hydrogens is 418 g/mol. The van der Waals surface area contributed by atoms with E-state index in [9.17, 15) is 9.59 Å². The Morgan fingerprint density at radius 1 is 1.09 bits per heavy atom. The Bertz CT molecular complexity index is 1130. The SMILES string of the molecule is CCOC(=O)c1c(NC(=O)/C(=C/c2ccccc2)c2ccccc2)sc2c1C(C)CCC2. The molecule has 4 nitrogen and oxygen atoms in total. The summed E-state index contributed by atoms with van der Waals surface area (Å²) in [4.78, 5) is 27.6. The van der Waals surface area contributed by atoms with Crippen molar-refractivity contribution >= 4 is 39.9 Å². The number of thiophene rings is 1. The van der Waals surface area contributed by atoms with Gasteiger partial charge in [0.25, 0.3) is 5.91 Å². The number of amides is 1. The summed E-state index contributed by atoms with van der Waals surface area (Å²) in [6, 6.07) is 19.4. The lowest BCUT2D eigenvalue weighted by molar-refractivity contribution is -0.111. The van der Waals surface area contributed by atoms with E-state index in [2.05, 4.69) is 12.2 Å². The third kappa shape index (κ3) is 4.68. The van der Waals surface area contributed by atoms with Crippen LogP contribution in [-0.2, 0) is 16.0 Å². The number of anilines is 1. The van der Waals surface area contributed by atoms with Crippen LogP contribution in [0.4, 0.5) is 5.00 Å². The molecular formula is C27H27NO3S. The van der Waals surface area contributed by atoms with Crippen LogP contribution in [0.1, 0.15) is 64.5 Å². The number of hydrogen-bond acceptors (Lipinski definition) is 4. The van der Waals surface area contributed by atoms with Crippen molar-refractivity contribution in [2.75, 3.05) is 11.9 Å². The van der Waals surface area contributed by atoms with Crippen molar-refractivity contribution in [3.05, 3.63) is 87.8 Å². The number of hydrogen-bond donors (Lipinski definition) is 1. The molecule has 0 aliphatic heterocycles. The number of ether oxygens (including phenoxy) is 1. The van der Waals surface area contributed by atoms with E-state index < -0.39 is 0 Å². The van der Waals surface area contributed by atoms with Crippen LogP contribution in [0.15, 0.2) is 60.7 Å². The molecule has 1 amide bonds. The van der Waals surface area contributed by atoms with Gasteiger partial charge < -0.3 is 10.1 Å². The molecule has 1 N–H and O–H groups in total. The van der Waals surface area contributed by atoms with E-state index in [0.29, 0.717) is 22.7 Å². The molecule has 1 atom stereocenters. The number of carbonyl (C=O) groups excluding carboxylic acids is 2. The summed E-state index contributed by atoms with van der Waals surface area (Å²) in [5, 5.41) is 3.64. The number of fused-ring (bicyclic) bond motifs is 1. The molecule has 1 heterocycles. The van der Waals surface area contributed by atoms with Crippen LogP contribution in [0.3, 0.4) is 0 Å². The van der Waals surface area contributed by atoms with E-state index in [0.717, 1.165) is 36.0 Å². The smallest absolute Gasteiger partial charge is 0.341 e. The van der Waals surface area contributed by atoms with Gasteiger partial charge in [-0.2, -0.15) is 0 Å². The summed E-state index contributed by atoms with van der Waals surface area (Å²) in [5.41, 5.74) is 3.88. The maximum Gasteiger partial charge on any atom is 0.341 e. The van der Waals surface area contributed by atoms with Gasteiger partial charge in [-0.05, 0) is 54.9 Å². The zero-order chi connectivity index (χ0) is 22.5. The van der Waals surface area contributed by atoms with E-state index >= 15 is 0 Å². The molecule has 4 rings (SSSR count). The van der Waals surface area contributed by atoms with Crippen LogP contribution in [0.5, 0.6) is 0 Å². The van der Waals surface area contributed by atoms with Crippen molar-refractivity contribution < 1.29 is 14.3 Å². The Balaban J connectivity index is 1.74. The van der Waals surface area contributed by atoms with Gasteiger partial charge in [0, 0.05) is 10.5 Å². The topological polar surface area (TPSA) is 55.4 Å². The molecule has 0 radical (unpaired) electrons. The second-order valence-corrected chi connectivity index (χ2v) is 9.05. The molecule has 2 aromatic carbocycles. The highest BCUT2D eigenvalue weighted by atomic mass is 32.1. The number of benzene rings is 2. The Hall–Kier alpha value is -3.18. The first kappa shape index (κ1) is 22.0. The maximum atomic E-state index is 13.5. The lowest BCUT2D eigenvalue weighted by Gasteiger charge is -2.19. The first-order valence-corrected chi connectivity index (χ1v) is 11.9. The number of nitrogens with one attached hydrogen (secondary N) is 1. The molecule has 5 heteroatoms. The van der Waals surface area contributed by atoms with Crippen molar-refractivity contribution in [1.82, 2.24) is 0 Å². The normalized spacial score (nSPS) is 15.7. The van der Waals surface area contributed by atoms with Gasteiger partial charge in [0.05, 0.1) is 12.2 Å². The average Bonchev–Trinajstić information content (AvgIpc) is 3.18. The molecule has 0 spiro atoms. The molecule has 1 aliphatic rings. The highest BCUT2D eigenvalue weighted by Gasteiger charge is 2.31. The Morgan fingerprint density at radius 2 is 1.78 bits per heavy atom. The summed E-state index contributed by atoms with van der Waals surface area (Å²) in [6.45, 7) is 4.24. The van der Waals surface area contributed by atoms with Gasteiger partial charge in [0.1, 0.15) is 5.00 Å². The maximum absolute atomic E-state index is 13.5. The van der Waals surface area contributed by atoms with Gasteiger partial charge in [0.2, 0.25) is 0 Å². The monoisotopic (exact) mass is 445 g/mol. The summed E-state index contributed by atoms with van der Waals surface area (Å²) >= 11 is 1.51. The molecule has 0 saturated heterocycles. The Morgan fingerprint density at radius 3 is 2.47 bits per heavy atom. The fourth-order valence-electron chi connectivity index (χ4n) is 4.19. The van der Waals surface area contributed by atoms with Gasteiger partial charge >= 0.3 is 5.97 Å². The lowest BCUT2D eigenvalue weighted by atomic mass is 9.86. The van der Waals surface area contributed by atoms with Crippen LogP contribution in [0.25, 0.3) is 11.6 Å². The standard InChI is InChI=1S/C27H27NO3S/c1-3-31-27(30)24-23-18(2)11-10-16-22(23)32-26(24)28-25(29)21(20-14-8-5-9-15-20)17-19-12-6-4-7-13-19/h4-9,12-15,17-18H,3,10-11,16H2,1-2H3,(H,28,29)/b21-17+. The molecule has 1 aromatic heterocycles. The third-order valence-electron chi connectivity index (χ3n) is 5.70. The van der Waals surface area contributed by atoms with Gasteiger partial charge in [0.15, 0.2) is 0 Å². The van der Waals surface area contributed by atoms with E-state index in [-0.39, 0.29) is 17.8 Å². The van der Waals surface area contributed by atoms with Crippen LogP contribution in [0.2, 0.25) is 0 Å². The number of aryl methyl sites for hydroxylation is 1. The number of carbonyl (C=O) groups is 2. The second kappa shape index (κ2) is 9.96. The molecule has 0 bridgehead atoms. The molecule has 1 unspecified atom stereocenters. The van der Waals surface area contributed by atoms with Gasteiger partial charge in [-0.3, -0.25) is 4.79 Å². The number of esters is 1. The molecule has 0 fully saturated rings. The van der Waals surface area contributed by atoms with Crippen LogP contribution in [-0.4, -0.2) is 18.5 Å². The third-order valence-corrected chi connectivity index (χ3v) is 6.88. The van der Waals surface area contributed by atoms with Crippen molar-refractivity contribution in [2.24, 2.45) is 0 Å². The van der Waals surface area contributed by atoms with Crippen LogP contribution >= 0.6 is 11.3 Å². The van der Waals surface area contributed by atoms with Crippen molar-refractivity contribution in [1.29, 1.82) is 0 Å². The fourth-order valence-corrected chi connectivity index (χ4v) is 5.53. The minimum absolute atomic E-state index is 0.239. The zero-order valence-electron chi connectivity index (χ0n) is 18.4. The summed E-state index contributed by atoms with van der Waals surface area (Å²) < 4.78 is 5.37. The van der Waals surface area contributed by atoms with Crippen molar-refractivity contribution in [3.63, 3.8) is 0 Å². The van der Waals surface area contributed by atoms with Gasteiger partial charge in [-0.15, -0.1) is 11.3 Å².